The molecule has 0 bridgehead atoms. The van der Waals surface area contributed by atoms with Gasteiger partial charge in [0.2, 0.25) is 0 Å². The van der Waals surface area contributed by atoms with Crippen LogP contribution in [0, 0.1) is 5.82 Å². The largest absolute Gasteiger partial charge is 0.399 e. The third kappa shape index (κ3) is 3.71. The molecule has 3 nitrogen and oxygen atoms in total. The average Bonchev–Trinajstić information content (AvgIpc) is 2.41. The van der Waals surface area contributed by atoms with Crippen LogP contribution in [0.5, 0.6) is 0 Å². The summed E-state index contributed by atoms with van der Waals surface area (Å²) in [6, 6.07) is 11.1. The Labute approximate surface area is 121 Å². The van der Waals surface area contributed by atoms with Gasteiger partial charge >= 0.3 is 0 Å². The molecule has 104 valence electrons. The molecule has 0 spiro atoms. The summed E-state index contributed by atoms with van der Waals surface area (Å²) in [7, 11) is 0. The van der Waals surface area contributed by atoms with Crippen molar-refractivity contribution in [3.8, 4) is 0 Å². The Morgan fingerprint density at radius 2 is 1.90 bits per heavy atom. The molecule has 0 fully saturated rings. The Morgan fingerprint density at radius 1 is 1.20 bits per heavy atom. The lowest BCUT2D eigenvalue weighted by atomic mass is 10.1. The molecule has 0 aliphatic heterocycles. The first-order valence-electron chi connectivity index (χ1n) is 6.14. The number of nitrogens with two attached hydrogens (primary N) is 1. The molecular weight excluding hydrogens is 279 g/mol. The molecule has 0 radical (unpaired) electrons. The lowest BCUT2D eigenvalue weighted by Gasteiger charge is -2.07. The van der Waals surface area contributed by atoms with Crippen molar-refractivity contribution in [3.63, 3.8) is 0 Å². The van der Waals surface area contributed by atoms with Crippen molar-refractivity contribution in [2.45, 2.75) is 6.42 Å². The van der Waals surface area contributed by atoms with E-state index in [0.717, 1.165) is 11.6 Å². The van der Waals surface area contributed by atoms with E-state index < -0.39 is 5.82 Å². The van der Waals surface area contributed by atoms with Gasteiger partial charge in [-0.1, -0.05) is 23.7 Å². The van der Waals surface area contributed by atoms with Gasteiger partial charge in [0, 0.05) is 12.2 Å². The van der Waals surface area contributed by atoms with E-state index in [0.29, 0.717) is 18.7 Å². The molecule has 0 heterocycles. The van der Waals surface area contributed by atoms with E-state index >= 15 is 0 Å². The third-order valence-corrected chi connectivity index (χ3v) is 3.17. The number of rotatable bonds is 4. The molecule has 20 heavy (non-hydrogen) atoms. The summed E-state index contributed by atoms with van der Waals surface area (Å²) in [5, 5.41) is 2.85. The molecule has 2 aromatic carbocycles. The molecule has 0 saturated heterocycles. The third-order valence-electron chi connectivity index (χ3n) is 2.85. The predicted octanol–water partition coefficient (Wildman–Crippen LogP) is 3.03. The zero-order chi connectivity index (χ0) is 14.5. The Hall–Kier alpha value is -2.07. The van der Waals surface area contributed by atoms with Crippen LogP contribution in [-0.2, 0) is 6.42 Å². The Balaban J connectivity index is 1.90. The van der Waals surface area contributed by atoms with Crippen molar-refractivity contribution >= 4 is 23.2 Å². The normalized spacial score (nSPS) is 10.3. The van der Waals surface area contributed by atoms with Gasteiger partial charge in [0.05, 0.1) is 10.6 Å². The fraction of sp³-hybridized carbons (Fsp3) is 0.133. The number of nitrogens with one attached hydrogen (secondary N) is 1. The summed E-state index contributed by atoms with van der Waals surface area (Å²) < 4.78 is 12.9. The Bertz CT molecular complexity index is 614. The maximum Gasteiger partial charge on any atom is 0.252 e. The van der Waals surface area contributed by atoms with E-state index in [9.17, 15) is 9.18 Å². The van der Waals surface area contributed by atoms with Gasteiger partial charge in [0.1, 0.15) is 5.82 Å². The number of hydrogen-bond donors (Lipinski definition) is 2. The minimum atomic E-state index is -0.464. The van der Waals surface area contributed by atoms with Gasteiger partial charge < -0.3 is 11.1 Å². The molecular formula is C15H14ClFN2O. The molecule has 0 unspecified atom stereocenters. The van der Waals surface area contributed by atoms with Crippen LogP contribution in [-0.4, -0.2) is 12.5 Å². The summed E-state index contributed by atoms with van der Waals surface area (Å²) in [5.74, 6) is -0.779. The number of benzene rings is 2. The average molecular weight is 293 g/mol. The number of nitrogen functional groups attached to an aromatic ring is 1. The summed E-state index contributed by atoms with van der Waals surface area (Å²) in [6.45, 7) is 0.469. The molecule has 0 aromatic heterocycles. The number of carbonyl (C=O) groups is 1. The van der Waals surface area contributed by atoms with Gasteiger partial charge in [-0.25, -0.2) is 4.39 Å². The first-order valence-corrected chi connectivity index (χ1v) is 6.52. The second-order valence-corrected chi connectivity index (χ2v) is 4.78. The zero-order valence-corrected chi connectivity index (χ0v) is 11.5. The van der Waals surface area contributed by atoms with Crippen LogP contribution in [0.3, 0.4) is 0 Å². The number of hydrogen-bond acceptors (Lipinski definition) is 2. The number of anilines is 1. The molecule has 3 N–H and O–H groups in total. The van der Waals surface area contributed by atoms with Crippen LogP contribution >= 0.6 is 11.6 Å². The number of carbonyl (C=O) groups excluding carboxylic acids is 1. The summed E-state index contributed by atoms with van der Waals surface area (Å²) in [4.78, 5) is 11.9. The second-order valence-electron chi connectivity index (χ2n) is 4.37. The van der Waals surface area contributed by atoms with Crippen LogP contribution in [0.2, 0.25) is 5.02 Å². The molecule has 1 amide bonds. The van der Waals surface area contributed by atoms with Crippen molar-refractivity contribution in [3.05, 3.63) is 64.4 Å². The highest BCUT2D eigenvalue weighted by molar-refractivity contribution is 6.33. The lowest BCUT2D eigenvalue weighted by Crippen LogP contribution is -2.26. The molecule has 5 heteroatoms. The van der Waals surface area contributed by atoms with Gasteiger partial charge in [-0.2, -0.15) is 0 Å². The van der Waals surface area contributed by atoms with E-state index in [4.69, 9.17) is 17.3 Å². The molecule has 0 aliphatic rings. The van der Waals surface area contributed by atoms with E-state index in [2.05, 4.69) is 5.32 Å². The Kier molecular flexibility index (Phi) is 4.58. The standard InChI is InChI=1S/C15H14ClFN2O/c16-14-9-11(17)3-6-13(14)15(20)19-8-7-10-1-4-12(18)5-2-10/h1-6,9H,7-8,18H2,(H,19,20). The molecule has 0 atom stereocenters. The zero-order valence-electron chi connectivity index (χ0n) is 10.7. The van der Waals surface area contributed by atoms with Crippen LogP contribution in [0.25, 0.3) is 0 Å². The highest BCUT2D eigenvalue weighted by atomic mass is 35.5. The molecule has 2 rings (SSSR count). The van der Waals surface area contributed by atoms with E-state index in [1.165, 1.54) is 12.1 Å². The summed E-state index contributed by atoms with van der Waals surface area (Å²) in [6.07, 6.45) is 0.685. The van der Waals surface area contributed by atoms with Gasteiger partial charge in [0.15, 0.2) is 0 Å². The number of halogens is 2. The molecule has 2 aromatic rings. The second kappa shape index (κ2) is 6.39. The van der Waals surface area contributed by atoms with Gasteiger partial charge in [-0.15, -0.1) is 0 Å². The summed E-state index contributed by atoms with van der Waals surface area (Å²) >= 11 is 5.82. The van der Waals surface area contributed by atoms with E-state index in [-0.39, 0.29) is 16.5 Å². The fourth-order valence-corrected chi connectivity index (χ4v) is 2.03. The van der Waals surface area contributed by atoms with Gasteiger partial charge in [-0.3, -0.25) is 4.79 Å². The fourth-order valence-electron chi connectivity index (χ4n) is 1.77. The Morgan fingerprint density at radius 3 is 2.55 bits per heavy atom. The monoisotopic (exact) mass is 292 g/mol. The quantitative estimate of drug-likeness (QED) is 0.851. The number of amides is 1. The molecule has 0 saturated carbocycles. The summed E-state index contributed by atoms with van der Waals surface area (Å²) in [5.41, 5.74) is 7.64. The highest BCUT2D eigenvalue weighted by Gasteiger charge is 2.10. The van der Waals surface area contributed by atoms with Crippen molar-refractivity contribution in [2.24, 2.45) is 0 Å². The van der Waals surface area contributed by atoms with E-state index in [1.807, 2.05) is 24.3 Å². The topological polar surface area (TPSA) is 55.1 Å². The van der Waals surface area contributed by atoms with Crippen LogP contribution in [0.4, 0.5) is 10.1 Å². The smallest absolute Gasteiger partial charge is 0.252 e. The first kappa shape index (κ1) is 14.3. The van der Waals surface area contributed by atoms with Crippen molar-refractivity contribution < 1.29 is 9.18 Å². The lowest BCUT2D eigenvalue weighted by molar-refractivity contribution is 0.0954. The van der Waals surface area contributed by atoms with Gasteiger partial charge in [0.25, 0.3) is 5.91 Å². The minimum Gasteiger partial charge on any atom is -0.399 e. The maximum atomic E-state index is 12.9. The van der Waals surface area contributed by atoms with E-state index in [1.54, 1.807) is 0 Å². The van der Waals surface area contributed by atoms with Gasteiger partial charge in [-0.05, 0) is 42.3 Å². The van der Waals surface area contributed by atoms with Crippen LogP contribution < -0.4 is 11.1 Å². The van der Waals surface area contributed by atoms with Crippen molar-refractivity contribution in [1.82, 2.24) is 5.32 Å². The van der Waals surface area contributed by atoms with Crippen LogP contribution in [0.1, 0.15) is 15.9 Å². The molecule has 0 aliphatic carbocycles. The minimum absolute atomic E-state index is 0.106. The SMILES string of the molecule is Nc1ccc(CCNC(=O)c2ccc(F)cc2Cl)cc1. The van der Waals surface area contributed by atoms with Crippen molar-refractivity contribution in [1.29, 1.82) is 0 Å². The maximum absolute atomic E-state index is 12.9. The highest BCUT2D eigenvalue weighted by Crippen LogP contribution is 2.17. The first-order chi connectivity index (χ1) is 9.56. The van der Waals surface area contributed by atoms with Crippen LogP contribution in [0.15, 0.2) is 42.5 Å². The van der Waals surface area contributed by atoms with Crippen molar-refractivity contribution in [2.75, 3.05) is 12.3 Å². The predicted molar refractivity (Wildman–Crippen MR) is 78.3 cm³/mol.